The molecule has 0 unspecified atom stereocenters. The summed E-state index contributed by atoms with van der Waals surface area (Å²) in [5.74, 6) is -1.73. The Morgan fingerprint density at radius 2 is 2.05 bits per heavy atom. The van der Waals surface area contributed by atoms with Crippen LogP contribution in [-0.2, 0) is 9.53 Å². The fraction of sp³-hybridized carbons (Fsp3) is 0.333. The summed E-state index contributed by atoms with van der Waals surface area (Å²) in [6, 6.07) is 1.91. The number of ether oxygens (including phenoxy) is 1. The van der Waals surface area contributed by atoms with Gasteiger partial charge in [0.15, 0.2) is 6.61 Å². The highest BCUT2D eigenvalue weighted by atomic mass is 16.5. The van der Waals surface area contributed by atoms with Crippen molar-refractivity contribution < 1.29 is 19.1 Å². The molecule has 1 rings (SSSR count). The van der Waals surface area contributed by atoms with Crippen molar-refractivity contribution in [3.05, 3.63) is 34.2 Å². The molecule has 0 saturated carbocycles. The fourth-order valence-corrected chi connectivity index (χ4v) is 1.25. The highest BCUT2D eigenvalue weighted by molar-refractivity contribution is 5.96. The van der Waals surface area contributed by atoms with Gasteiger partial charge in [0.1, 0.15) is 5.56 Å². The lowest BCUT2D eigenvalue weighted by atomic mass is 10.3. The van der Waals surface area contributed by atoms with Gasteiger partial charge < -0.3 is 15.0 Å². The number of esters is 1. The van der Waals surface area contributed by atoms with Crippen LogP contribution >= 0.6 is 0 Å². The summed E-state index contributed by atoms with van der Waals surface area (Å²) in [5, 5.41) is 4.42. The number of aromatic nitrogens is 1. The largest absolute Gasteiger partial charge is 0.452 e. The highest BCUT2D eigenvalue weighted by Gasteiger charge is 2.14. The predicted molar refractivity (Wildman–Crippen MR) is 69.2 cm³/mol. The summed E-state index contributed by atoms with van der Waals surface area (Å²) < 4.78 is 4.63. The maximum atomic E-state index is 11.5. The first-order chi connectivity index (χ1) is 9.40. The monoisotopic (exact) mass is 281 g/mol. The van der Waals surface area contributed by atoms with E-state index in [0.717, 1.165) is 0 Å². The van der Waals surface area contributed by atoms with E-state index in [-0.39, 0.29) is 11.6 Å². The summed E-state index contributed by atoms with van der Waals surface area (Å²) in [5.41, 5.74) is -0.831. The molecule has 0 aliphatic rings. The molecular weight excluding hydrogens is 266 g/mol. The fourth-order valence-electron chi connectivity index (χ4n) is 1.25. The number of urea groups is 1. The summed E-state index contributed by atoms with van der Waals surface area (Å²) in [6.45, 7) is 2.80. The summed E-state index contributed by atoms with van der Waals surface area (Å²) in [6.07, 6.45) is 1.36. The molecule has 0 aromatic carbocycles. The Morgan fingerprint density at radius 1 is 1.35 bits per heavy atom. The minimum absolute atomic E-state index is 0.131. The number of imide groups is 1. The minimum Gasteiger partial charge on any atom is -0.452 e. The number of H-pyrrole nitrogens is 1. The lowest BCUT2D eigenvalue weighted by molar-refractivity contribution is -0.123. The predicted octanol–water partition coefficient (Wildman–Crippen LogP) is -0.234. The Bertz CT molecular complexity index is 564. The summed E-state index contributed by atoms with van der Waals surface area (Å²) in [7, 11) is 0. The van der Waals surface area contributed by atoms with Crippen LogP contribution < -0.4 is 16.2 Å². The van der Waals surface area contributed by atoms with Gasteiger partial charge >= 0.3 is 12.0 Å². The van der Waals surface area contributed by atoms with Crippen molar-refractivity contribution in [3.8, 4) is 0 Å². The first-order valence-electron chi connectivity index (χ1n) is 5.85. The quantitative estimate of drug-likeness (QED) is 0.659. The van der Waals surface area contributed by atoms with Crippen LogP contribution in [0.4, 0.5) is 4.79 Å². The molecular formula is C12H15N3O5. The molecule has 0 spiro atoms. The van der Waals surface area contributed by atoms with Crippen LogP contribution in [0.3, 0.4) is 0 Å². The standard InChI is InChI=1S/C12H15N3O5/c1-7(2)14-12(19)15-9(16)6-20-11(18)8-4-3-5-13-10(8)17/h3-5,7H,6H2,1-2H3,(H,13,17)(H2,14,15,16,19). The molecule has 0 atom stereocenters. The van der Waals surface area contributed by atoms with E-state index < -0.39 is 30.1 Å². The topological polar surface area (TPSA) is 117 Å². The number of hydrogen-bond acceptors (Lipinski definition) is 5. The average Bonchev–Trinajstić information content (AvgIpc) is 2.35. The van der Waals surface area contributed by atoms with Crippen LogP contribution in [0.25, 0.3) is 0 Å². The van der Waals surface area contributed by atoms with Crippen molar-refractivity contribution in [1.29, 1.82) is 0 Å². The molecule has 3 amide bonds. The third kappa shape index (κ3) is 4.92. The zero-order valence-corrected chi connectivity index (χ0v) is 11.1. The zero-order valence-electron chi connectivity index (χ0n) is 11.1. The van der Waals surface area contributed by atoms with Crippen LogP contribution in [-0.4, -0.2) is 35.5 Å². The van der Waals surface area contributed by atoms with Crippen molar-refractivity contribution in [1.82, 2.24) is 15.6 Å². The van der Waals surface area contributed by atoms with Crippen LogP contribution in [0.1, 0.15) is 24.2 Å². The number of nitrogens with one attached hydrogen (secondary N) is 3. The van der Waals surface area contributed by atoms with E-state index in [9.17, 15) is 19.2 Å². The van der Waals surface area contributed by atoms with E-state index in [1.54, 1.807) is 13.8 Å². The molecule has 0 aliphatic heterocycles. The lowest BCUT2D eigenvalue weighted by Crippen LogP contribution is -2.44. The SMILES string of the molecule is CC(C)NC(=O)NC(=O)COC(=O)c1ccc[nH]c1=O. The number of amides is 3. The van der Waals surface area contributed by atoms with E-state index in [1.165, 1.54) is 18.3 Å². The van der Waals surface area contributed by atoms with Crippen molar-refractivity contribution in [2.75, 3.05) is 6.61 Å². The molecule has 3 N–H and O–H groups in total. The number of carbonyl (C=O) groups is 3. The maximum absolute atomic E-state index is 11.5. The van der Waals surface area contributed by atoms with Crippen LogP contribution in [0, 0.1) is 0 Å². The number of pyridine rings is 1. The van der Waals surface area contributed by atoms with Gasteiger partial charge in [-0.25, -0.2) is 9.59 Å². The van der Waals surface area contributed by atoms with Crippen LogP contribution in [0.15, 0.2) is 23.1 Å². The molecule has 0 fully saturated rings. The maximum Gasteiger partial charge on any atom is 0.344 e. The Hall–Kier alpha value is -2.64. The molecule has 0 aliphatic carbocycles. The van der Waals surface area contributed by atoms with Gasteiger partial charge in [0, 0.05) is 12.2 Å². The van der Waals surface area contributed by atoms with E-state index in [0.29, 0.717) is 0 Å². The van der Waals surface area contributed by atoms with Gasteiger partial charge in [-0.2, -0.15) is 0 Å². The first kappa shape index (κ1) is 15.4. The molecule has 8 nitrogen and oxygen atoms in total. The second-order valence-corrected chi connectivity index (χ2v) is 4.17. The second kappa shape index (κ2) is 7.07. The van der Waals surface area contributed by atoms with Crippen LogP contribution in [0.2, 0.25) is 0 Å². The van der Waals surface area contributed by atoms with Crippen molar-refractivity contribution in [2.24, 2.45) is 0 Å². The summed E-state index contributed by atoms with van der Waals surface area (Å²) >= 11 is 0. The third-order valence-electron chi connectivity index (χ3n) is 2.05. The molecule has 0 bridgehead atoms. The molecule has 20 heavy (non-hydrogen) atoms. The third-order valence-corrected chi connectivity index (χ3v) is 2.05. The number of hydrogen-bond donors (Lipinski definition) is 3. The number of aromatic amines is 1. The minimum atomic E-state index is -0.939. The van der Waals surface area contributed by atoms with Gasteiger partial charge in [-0.15, -0.1) is 0 Å². The highest BCUT2D eigenvalue weighted by Crippen LogP contribution is 1.93. The molecule has 1 aromatic rings. The van der Waals surface area contributed by atoms with Crippen molar-refractivity contribution in [3.63, 3.8) is 0 Å². The van der Waals surface area contributed by atoms with E-state index in [4.69, 9.17) is 0 Å². The average molecular weight is 281 g/mol. The van der Waals surface area contributed by atoms with E-state index in [1.807, 2.05) is 5.32 Å². The van der Waals surface area contributed by atoms with Gasteiger partial charge in [-0.3, -0.25) is 14.9 Å². The molecule has 8 heteroatoms. The number of rotatable bonds is 4. The van der Waals surface area contributed by atoms with E-state index >= 15 is 0 Å². The smallest absolute Gasteiger partial charge is 0.344 e. The van der Waals surface area contributed by atoms with E-state index in [2.05, 4.69) is 15.0 Å². The number of carbonyl (C=O) groups excluding carboxylic acids is 3. The van der Waals surface area contributed by atoms with Gasteiger partial charge in [0.05, 0.1) is 0 Å². The van der Waals surface area contributed by atoms with Crippen molar-refractivity contribution in [2.45, 2.75) is 19.9 Å². The van der Waals surface area contributed by atoms with Gasteiger partial charge in [0.25, 0.3) is 11.5 Å². The first-order valence-corrected chi connectivity index (χ1v) is 5.85. The molecule has 0 saturated heterocycles. The second-order valence-electron chi connectivity index (χ2n) is 4.17. The molecule has 1 heterocycles. The van der Waals surface area contributed by atoms with Gasteiger partial charge in [-0.1, -0.05) is 0 Å². The molecule has 0 radical (unpaired) electrons. The van der Waals surface area contributed by atoms with Crippen molar-refractivity contribution >= 4 is 17.9 Å². The Kier molecular flexibility index (Phi) is 5.45. The van der Waals surface area contributed by atoms with Gasteiger partial charge in [-0.05, 0) is 26.0 Å². The Morgan fingerprint density at radius 3 is 2.65 bits per heavy atom. The Balaban J connectivity index is 2.46. The summed E-state index contributed by atoms with van der Waals surface area (Å²) in [4.78, 5) is 47.6. The zero-order chi connectivity index (χ0) is 15.1. The molecule has 1 aromatic heterocycles. The normalized spacial score (nSPS) is 9.95. The molecule has 108 valence electrons. The Labute approximate surface area is 114 Å². The van der Waals surface area contributed by atoms with Crippen LogP contribution in [0.5, 0.6) is 0 Å². The van der Waals surface area contributed by atoms with Gasteiger partial charge in [0.2, 0.25) is 0 Å². The lowest BCUT2D eigenvalue weighted by Gasteiger charge is -2.09.